The van der Waals surface area contributed by atoms with E-state index in [4.69, 9.17) is 0 Å². The van der Waals surface area contributed by atoms with Crippen molar-refractivity contribution in [2.24, 2.45) is 0 Å². The van der Waals surface area contributed by atoms with Gasteiger partial charge >= 0.3 is 0 Å². The fraction of sp³-hybridized carbons (Fsp3) is 0.270. The van der Waals surface area contributed by atoms with Gasteiger partial charge in [-0.1, -0.05) is 222 Å². The van der Waals surface area contributed by atoms with E-state index in [0.29, 0.717) is 0 Å². The minimum absolute atomic E-state index is 0.0161. The smallest absolute Gasteiger partial charge is 0.252 e. The number of benzene rings is 9. The highest BCUT2D eigenvalue weighted by molar-refractivity contribution is 7.00. The van der Waals surface area contributed by atoms with Gasteiger partial charge in [-0.05, 0) is 169 Å². The predicted molar refractivity (Wildman–Crippen MR) is 336 cm³/mol. The van der Waals surface area contributed by atoms with E-state index in [-0.39, 0.29) is 33.9 Å². The van der Waals surface area contributed by atoms with Crippen molar-refractivity contribution in [3.63, 3.8) is 0 Å². The number of nitrogens with zero attached hydrogens (tertiary/aromatic N) is 3. The zero-order valence-corrected chi connectivity index (χ0v) is 47.8. The van der Waals surface area contributed by atoms with Gasteiger partial charge < -0.3 is 14.7 Å². The molecule has 3 heterocycles. The summed E-state index contributed by atoms with van der Waals surface area (Å²) in [4.78, 5) is 8.07. The van der Waals surface area contributed by atoms with Gasteiger partial charge in [0.1, 0.15) is 0 Å². The lowest BCUT2D eigenvalue weighted by Gasteiger charge is -2.51. The molecule has 9 aromatic carbocycles. The first kappa shape index (κ1) is 50.0. The highest BCUT2D eigenvalue weighted by atomic mass is 15.3. The first-order valence-electron chi connectivity index (χ1n) is 28.7. The summed E-state index contributed by atoms with van der Waals surface area (Å²) in [6.45, 7) is 26.1. The largest absolute Gasteiger partial charge is 0.334 e. The first-order valence-corrected chi connectivity index (χ1v) is 28.7. The molecule has 13 rings (SSSR count). The van der Waals surface area contributed by atoms with Crippen LogP contribution in [0.2, 0.25) is 0 Å². The highest BCUT2D eigenvalue weighted by Gasteiger charge is 2.58. The van der Waals surface area contributed by atoms with Crippen molar-refractivity contribution >= 4 is 68.6 Å². The van der Waals surface area contributed by atoms with E-state index in [2.05, 4.69) is 291 Å². The van der Waals surface area contributed by atoms with Crippen LogP contribution in [0.25, 0.3) is 33.4 Å². The van der Waals surface area contributed by atoms with Crippen LogP contribution in [-0.2, 0) is 21.7 Å². The molecule has 0 N–H and O–H groups in total. The maximum atomic E-state index is 2.81. The summed E-state index contributed by atoms with van der Waals surface area (Å²) in [6.07, 6.45) is 4.66. The molecule has 4 heteroatoms. The summed E-state index contributed by atoms with van der Waals surface area (Å²) in [7, 11) is 0. The van der Waals surface area contributed by atoms with Gasteiger partial charge in [0.15, 0.2) is 0 Å². The lowest BCUT2D eigenvalue weighted by molar-refractivity contribution is 0.195. The summed E-state index contributed by atoms with van der Waals surface area (Å²) >= 11 is 0. The Balaban J connectivity index is 1.12. The summed E-state index contributed by atoms with van der Waals surface area (Å²) in [5, 5.41) is 0. The Morgan fingerprint density at radius 3 is 1.49 bits per heavy atom. The van der Waals surface area contributed by atoms with Crippen molar-refractivity contribution in [3.8, 4) is 33.4 Å². The van der Waals surface area contributed by atoms with E-state index < -0.39 is 0 Å². The van der Waals surface area contributed by atoms with Gasteiger partial charge in [-0.15, -0.1) is 0 Å². The molecular weight excluding hydrogens is 942 g/mol. The maximum absolute atomic E-state index is 2.81. The summed E-state index contributed by atoms with van der Waals surface area (Å²) in [5.74, 6) is 0. The molecule has 2 unspecified atom stereocenters. The van der Waals surface area contributed by atoms with Crippen molar-refractivity contribution in [2.45, 2.75) is 129 Å². The van der Waals surface area contributed by atoms with Crippen LogP contribution in [0.4, 0.5) is 45.5 Å². The lowest BCUT2D eigenvalue weighted by Crippen LogP contribution is -2.61. The molecule has 78 heavy (non-hydrogen) atoms. The normalized spacial score (nSPS) is 18.5. The molecule has 0 amide bonds. The average Bonchev–Trinajstić information content (AvgIpc) is 2.34. The van der Waals surface area contributed by atoms with E-state index in [1.54, 1.807) is 0 Å². The molecule has 0 spiro atoms. The topological polar surface area (TPSA) is 9.72 Å². The minimum Gasteiger partial charge on any atom is -0.334 e. The Morgan fingerprint density at radius 2 is 0.859 bits per heavy atom. The highest BCUT2D eigenvalue weighted by Crippen LogP contribution is 2.62. The third-order valence-electron chi connectivity index (χ3n) is 18.7. The van der Waals surface area contributed by atoms with Crippen LogP contribution in [0.1, 0.15) is 124 Å². The third kappa shape index (κ3) is 7.99. The Hall–Kier alpha value is -7.56. The van der Waals surface area contributed by atoms with Crippen molar-refractivity contribution < 1.29 is 0 Å². The standard InChI is InChI=1S/C74H74BN3/c1-70(2,3)55-31-27-51(28-32-55)53-30-39-64-61(44-53)73(10)41-18-19-42-74(73,11)78(64)60-47-67-69-68(48-60)77(59-26-20-25-52(43-59)49-21-14-12-15-22-49)66-45-54(50-23-16-13-17-24-50)29-38-62(66)75(69)63-46-57(72(7,8)9)35-40-65(63)76(67)58-36-33-56(34-37-58)71(4,5)6/h12-17,20-40,43-48H,18-19,41-42H2,1-11H3. The van der Waals surface area contributed by atoms with Crippen LogP contribution in [-0.4, -0.2) is 12.3 Å². The second-order valence-corrected chi connectivity index (χ2v) is 26.6. The van der Waals surface area contributed by atoms with Gasteiger partial charge in [-0.2, -0.15) is 0 Å². The van der Waals surface area contributed by atoms with Gasteiger partial charge in [0.05, 0.1) is 5.54 Å². The minimum atomic E-state index is -0.193. The molecule has 3 nitrogen and oxygen atoms in total. The van der Waals surface area contributed by atoms with Gasteiger partial charge in [0, 0.05) is 50.9 Å². The van der Waals surface area contributed by atoms with Crippen LogP contribution in [0.3, 0.4) is 0 Å². The van der Waals surface area contributed by atoms with Crippen LogP contribution in [0.15, 0.2) is 200 Å². The Kier molecular flexibility index (Phi) is 11.5. The lowest BCUT2D eigenvalue weighted by atomic mass is 9.33. The number of rotatable bonds is 6. The van der Waals surface area contributed by atoms with E-state index >= 15 is 0 Å². The van der Waals surface area contributed by atoms with Crippen molar-refractivity contribution in [3.05, 3.63) is 222 Å². The molecule has 2 atom stereocenters. The molecule has 4 aliphatic rings. The molecule has 0 radical (unpaired) electrons. The van der Waals surface area contributed by atoms with Gasteiger partial charge in [0.2, 0.25) is 0 Å². The van der Waals surface area contributed by atoms with Gasteiger partial charge in [0.25, 0.3) is 6.71 Å². The monoisotopic (exact) mass is 1020 g/mol. The molecule has 1 fully saturated rings. The van der Waals surface area contributed by atoms with Crippen LogP contribution in [0, 0.1) is 0 Å². The van der Waals surface area contributed by atoms with E-state index in [9.17, 15) is 0 Å². The van der Waals surface area contributed by atoms with Crippen molar-refractivity contribution in [2.75, 3.05) is 14.7 Å². The predicted octanol–water partition coefficient (Wildman–Crippen LogP) is 18.4. The number of hydrogen-bond donors (Lipinski definition) is 0. The second kappa shape index (κ2) is 18.0. The SMILES string of the molecule is CC(C)(C)c1ccc(-c2ccc3c(c2)C2(C)CCCCC2(C)N3c2cc3c4c(c2)N(c2cccc(-c5ccccc5)c2)c2cc(-c5ccccc5)ccc2B4c2cc(C(C)(C)C)ccc2N3c2ccc(C(C)(C)C)cc2)cc1. The van der Waals surface area contributed by atoms with Crippen molar-refractivity contribution in [1.82, 2.24) is 0 Å². The summed E-state index contributed by atoms with van der Waals surface area (Å²) in [5.41, 5.74) is 26.5. The van der Waals surface area contributed by atoms with Crippen LogP contribution >= 0.6 is 0 Å². The van der Waals surface area contributed by atoms with E-state index in [0.717, 1.165) is 18.5 Å². The Morgan fingerprint density at radius 1 is 0.359 bits per heavy atom. The van der Waals surface area contributed by atoms with Crippen LogP contribution < -0.4 is 31.1 Å². The van der Waals surface area contributed by atoms with Gasteiger partial charge in [-0.3, -0.25) is 0 Å². The van der Waals surface area contributed by atoms with Crippen LogP contribution in [0.5, 0.6) is 0 Å². The molecule has 0 saturated heterocycles. The zero-order chi connectivity index (χ0) is 54.1. The molecule has 0 bridgehead atoms. The molecule has 388 valence electrons. The Bertz CT molecular complexity index is 3780. The summed E-state index contributed by atoms with van der Waals surface area (Å²) < 4.78 is 0. The number of hydrogen-bond acceptors (Lipinski definition) is 3. The van der Waals surface area contributed by atoms with E-state index in [1.807, 2.05) is 0 Å². The second-order valence-electron chi connectivity index (χ2n) is 26.6. The summed E-state index contributed by atoms with van der Waals surface area (Å²) in [6, 6.07) is 77.3. The first-order chi connectivity index (χ1) is 37.3. The molecule has 1 aliphatic carbocycles. The zero-order valence-electron chi connectivity index (χ0n) is 47.8. The number of fused-ring (bicyclic) bond motifs is 7. The Labute approximate surface area is 465 Å². The molecule has 3 aliphatic heterocycles. The molecule has 9 aromatic rings. The average molecular weight is 1020 g/mol. The molecule has 0 aromatic heterocycles. The molecule has 1 saturated carbocycles. The fourth-order valence-electron chi connectivity index (χ4n) is 14.0. The maximum Gasteiger partial charge on any atom is 0.252 e. The molecular formula is C74H74BN3. The third-order valence-corrected chi connectivity index (χ3v) is 18.7. The fourth-order valence-corrected chi connectivity index (χ4v) is 14.0. The quantitative estimate of drug-likeness (QED) is 0.154. The van der Waals surface area contributed by atoms with Crippen molar-refractivity contribution in [1.29, 1.82) is 0 Å². The van der Waals surface area contributed by atoms with E-state index in [1.165, 1.54) is 125 Å². The van der Waals surface area contributed by atoms with Gasteiger partial charge in [-0.25, -0.2) is 0 Å². The number of anilines is 8.